The molecule has 222 valence electrons. The van der Waals surface area contributed by atoms with Gasteiger partial charge in [-0.1, -0.05) is 85.2 Å². The van der Waals surface area contributed by atoms with Crippen LogP contribution in [0.15, 0.2) is 36.4 Å². The van der Waals surface area contributed by atoms with Gasteiger partial charge in [0.05, 0.1) is 6.10 Å². The van der Waals surface area contributed by atoms with Crippen LogP contribution in [0.3, 0.4) is 0 Å². The lowest BCUT2D eigenvalue weighted by molar-refractivity contribution is -0.143. The normalized spacial score (nSPS) is 14.3. The molecule has 6 heteroatoms. The molecule has 0 aliphatic carbocycles. The molecular weight excluding hydrogens is 502 g/mol. The van der Waals surface area contributed by atoms with E-state index in [2.05, 4.69) is 77.2 Å². The van der Waals surface area contributed by atoms with E-state index >= 15 is 0 Å². The van der Waals surface area contributed by atoms with Crippen LogP contribution in [-0.4, -0.2) is 40.8 Å². The molecule has 1 amide bonds. The Morgan fingerprint density at radius 1 is 0.950 bits per heavy atom. The van der Waals surface area contributed by atoms with Crippen molar-refractivity contribution in [3.05, 3.63) is 64.2 Å². The molecule has 2 aromatic carbocycles. The first-order valence-electron chi connectivity index (χ1n) is 14.7. The molecule has 0 saturated carbocycles. The Morgan fingerprint density at radius 3 is 2.00 bits per heavy atom. The maximum atomic E-state index is 12.4. The van der Waals surface area contributed by atoms with Gasteiger partial charge in [-0.3, -0.25) is 4.79 Å². The first-order chi connectivity index (χ1) is 18.7. The molecule has 0 aliphatic heterocycles. The molecule has 1 unspecified atom stereocenters. The van der Waals surface area contributed by atoms with Crippen molar-refractivity contribution < 1.29 is 24.5 Å². The van der Waals surface area contributed by atoms with Crippen molar-refractivity contribution in [3.63, 3.8) is 0 Å². The molecule has 3 N–H and O–H groups in total. The van der Waals surface area contributed by atoms with E-state index in [9.17, 15) is 19.8 Å². The Hall–Kier alpha value is -2.86. The van der Waals surface area contributed by atoms with Crippen molar-refractivity contribution in [1.29, 1.82) is 0 Å². The van der Waals surface area contributed by atoms with Crippen molar-refractivity contribution in [1.82, 2.24) is 5.32 Å². The number of aliphatic hydroxyl groups excluding tert-OH is 1. The molecule has 0 saturated heterocycles. The number of rotatable bonds is 14. The van der Waals surface area contributed by atoms with Crippen LogP contribution in [0.25, 0.3) is 0 Å². The van der Waals surface area contributed by atoms with Crippen LogP contribution in [0.5, 0.6) is 5.75 Å². The van der Waals surface area contributed by atoms with Gasteiger partial charge < -0.3 is 20.3 Å². The van der Waals surface area contributed by atoms with Gasteiger partial charge in [-0.2, -0.15) is 0 Å². The number of hydrogen-bond donors (Lipinski definition) is 3. The number of nitrogens with one attached hydrogen (secondary N) is 1. The summed E-state index contributed by atoms with van der Waals surface area (Å²) in [5.41, 5.74) is 5.61. The SMILES string of the molecule is CC[C@H](C)[C@H](NC(=O)COc1ccc(C(CC)(CC)c2ccc(CCC(O)C(C)(C)C)c(C)c2)cc1C)C(=O)O. The van der Waals surface area contributed by atoms with Crippen LogP contribution >= 0.6 is 0 Å². The number of aryl methyl sites for hydroxylation is 3. The summed E-state index contributed by atoms with van der Waals surface area (Å²) in [7, 11) is 0. The average Bonchev–Trinajstić information content (AvgIpc) is 2.90. The van der Waals surface area contributed by atoms with E-state index in [1.165, 1.54) is 22.3 Å². The highest BCUT2D eigenvalue weighted by atomic mass is 16.5. The molecule has 3 atom stereocenters. The van der Waals surface area contributed by atoms with Gasteiger partial charge in [-0.15, -0.1) is 0 Å². The first-order valence-corrected chi connectivity index (χ1v) is 14.7. The maximum absolute atomic E-state index is 12.4. The summed E-state index contributed by atoms with van der Waals surface area (Å²) in [6, 6.07) is 11.9. The molecular formula is C34H51NO5. The van der Waals surface area contributed by atoms with Crippen molar-refractivity contribution in [2.75, 3.05) is 6.61 Å². The number of carbonyl (C=O) groups is 2. The molecule has 0 aromatic heterocycles. The third-order valence-corrected chi connectivity index (χ3v) is 8.67. The highest BCUT2D eigenvalue weighted by Gasteiger charge is 2.32. The van der Waals surface area contributed by atoms with E-state index < -0.39 is 17.9 Å². The van der Waals surface area contributed by atoms with E-state index in [4.69, 9.17) is 4.74 Å². The summed E-state index contributed by atoms with van der Waals surface area (Å²) in [4.78, 5) is 24.0. The summed E-state index contributed by atoms with van der Waals surface area (Å²) in [5, 5.41) is 22.5. The molecule has 2 aromatic rings. The van der Waals surface area contributed by atoms with E-state index in [1.54, 1.807) is 0 Å². The van der Waals surface area contributed by atoms with Crippen LogP contribution in [0.1, 0.15) is 102 Å². The molecule has 6 nitrogen and oxygen atoms in total. The predicted octanol–water partition coefficient (Wildman–Crippen LogP) is 6.74. The second kappa shape index (κ2) is 14.2. The highest BCUT2D eigenvalue weighted by Crippen LogP contribution is 2.41. The van der Waals surface area contributed by atoms with Gasteiger partial charge in [0.25, 0.3) is 5.91 Å². The third kappa shape index (κ3) is 8.09. The Labute approximate surface area is 241 Å². The second-order valence-electron chi connectivity index (χ2n) is 12.4. The number of carboxylic acids is 1. The fourth-order valence-electron chi connectivity index (χ4n) is 5.38. The molecule has 0 bridgehead atoms. The van der Waals surface area contributed by atoms with Crippen LogP contribution in [0.4, 0.5) is 0 Å². The summed E-state index contributed by atoms with van der Waals surface area (Å²) < 4.78 is 5.81. The number of aliphatic carboxylic acids is 1. The number of aliphatic hydroxyl groups is 1. The van der Waals surface area contributed by atoms with Crippen molar-refractivity contribution in [3.8, 4) is 5.75 Å². The summed E-state index contributed by atoms with van der Waals surface area (Å²) in [5.74, 6) is -1.05. The van der Waals surface area contributed by atoms with Gasteiger partial charge in [0.15, 0.2) is 6.61 Å². The topological polar surface area (TPSA) is 95.9 Å². The number of ether oxygens (including phenoxy) is 1. The van der Waals surface area contributed by atoms with E-state index in [0.717, 1.165) is 31.2 Å². The Morgan fingerprint density at radius 2 is 1.52 bits per heavy atom. The molecule has 40 heavy (non-hydrogen) atoms. The van der Waals surface area contributed by atoms with E-state index in [-0.39, 0.29) is 29.5 Å². The predicted molar refractivity (Wildman–Crippen MR) is 162 cm³/mol. The molecule has 0 spiro atoms. The van der Waals surface area contributed by atoms with E-state index in [1.807, 2.05) is 26.8 Å². The molecule has 0 radical (unpaired) electrons. The summed E-state index contributed by atoms with van der Waals surface area (Å²) in [6.07, 6.45) is 3.75. The standard InChI is InChI=1S/C34H51NO5/c1-10-22(4)31(32(38)39)35-30(37)21-40-28-17-16-27(20-24(28)6)34(11-2,12-3)26-15-13-25(23(5)19-26)14-18-29(36)33(7,8)9/h13,15-17,19-20,22,29,31,36H,10-12,14,18,21H2,1-9H3,(H,35,37)(H,38,39)/t22-,29?,31-/m0/s1. The number of benzene rings is 2. The zero-order valence-corrected chi connectivity index (χ0v) is 26.1. The average molecular weight is 554 g/mol. The number of carboxylic acid groups (broad SMARTS) is 1. The van der Waals surface area contributed by atoms with Gasteiger partial charge in [0, 0.05) is 5.41 Å². The number of carbonyl (C=O) groups excluding carboxylic acids is 1. The molecule has 0 aliphatic rings. The Bertz CT molecular complexity index is 1150. The van der Waals surface area contributed by atoms with Gasteiger partial charge in [-0.05, 0) is 84.7 Å². The smallest absolute Gasteiger partial charge is 0.326 e. The van der Waals surface area contributed by atoms with Crippen LogP contribution < -0.4 is 10.1 Å². The van der Waals surface area contributed by atoms with E-state index in [0.29, 0.717) is 12.2 Å². The monoisotopic (exact) mass is 553 g/mol. The Kier molecular flexibility index (Phi) is 11.8. The maximum Gasteiger partial charge on any atom is 0.326 e. The fourth-order valence-corrected chi connectivity index (χ4v) is 5.38. The fraction of sp³-hybridized carbons (Fsp3) is 0.588. The van der Waals surface area contributed by atoms with Gasteiger partial charge >= 0.3 is 5.97 Å². The van der Waals surface area contributed by atoms with Gasteiger partial charge in [0.1, 0.15) is 11.8 Å². The minimum Gasteiger partial charge on any atom is -0.484 e. The van der Waals surface area contributed by atoms with Crippen LogP contribution in [0, 0.1) is 25.2 Å². The van der Waals surface area contributed by atoms with Crippen molar-refractivity contribution in [2.45, 2.75) is 112 Å². The van der Waals surface area contributed by atoms with Crippen molar-refractivity contribution >= 4 is 11.9 Å². The molecule has 0 fully saturated rings. The quantitative estimate of drug-likeness (QED) is 0.241. The minimum atomic E-state index is -1.04. The van der Waals surface area contributed by atoms with Crippen LogP contribution in [0.2, 0.25) is 0 Å². The summed E-state index contributed by atoms with van der Waals surface area (Å²) in [6.45, 7) is 18.2. The van der Waals surface area contributed by atoms with Crippen molar-refractivity contribution in [2.24, 2.45) is 11.3 Å². The molecule has 2 rings (SSSR count). The lowest BCUT2D eigenvalue weighted by atomic mass is 9.69. The van der Waals surface area contributed by atoms with Gasteiger partial charge in [-0.25, -0.2) is 4.79 Å². The first kappa shape index (κ1) is 33.3. The number of amides is 1. The number of hydrogen-bond acceptors (Lipinski definition) is 4. The lowest BCUT2D eigenvalue weighted by Crippen LogP contribution is -2.46. The zero-order chi connectivity index (χ0) is 30.3. The highest BCUT2D eigenvalue weighted by molar-refractivity contribution is 5.84. The van der Waals surface area contributed by atoms with Crippen LogP contribution in [-0.2, 0) is 21.4 Å². The Balaban J connectivity index is 2.22. The lowest BCUT2D eigenvalue weighted by Gasteiger charge is -2.34. The molecule has 0 heterocycles. The summed E-state index contributed by atoms with van der Waals surface area (Å²) >= 11 is 0. The second-order valence-corrected chi connectivity index (χ2v) is 12.4. The third-order valence-electron chi connectivity index (χ3n) is 8.67. The van der Waals surface area contributed by atoms with Gasteiger partial charge in [0.2, 0.25) is 0 Å². The largest absolute Gasteiger partial charge is 0.484 e. The zero-order valence-electron chi connectivity index (χ0n) is 26.1. The minimum absolute atomic E-state index is 0.126.